The summed E-state index contributed by atoms with van der Waals surface area (Å²) in [6.45, 7) is 5.42. The zero-order chi connectivity index (χ0) is 9.68. The second kappa shape index (κ2) is 4.82. The van der Waals surface area contributed by atoms with Gasteiger partial charge in [-0.1, -0.05) is 13.8 Å². The van der Waals surface area contributed by atoms with Crippen LogP contribution in [-0.4, -0.2) is 11.6 Å². The van der Waals surface area contributed by atoms with E-state index in [0.29, 0.717) is 19.1 Å². The number of aromatic nitrogens is 1. The third-order valence-electron chi connectivity index (χ3n) is 1.66. The van der Waals surface area contributed by atoms with Crippen LogP contribution in [0.3, 0.4) is 0 Å². The van der Waals surface area contributed by atoms with Gasteiger partial charge in [0.05, 0.1) is 12.8 Å². The normalized spacial score (nSPS) is 10.5. The van der Waals surface area contributed by atoms with E-state index < -0.39 is 0 Å². The molecule has 0 aliphatic heterocycles. The average molecular weight is 180 g/mol. The lowest BCUT2D eigenvalue weighted by molar-refractivity contribution is 0.267. The number of hydrogen-bond acceptors (Lipinski definition) is 3. The monoisotopic (exact) mass is 180 g/mol. The molecular weight excluding hydrogens is 164 g/mol. The first kappa shape index (κ1) is 9.99. The van der Waals surface area contributed by atoms with Gasteiger partial charge in [0.2, 0.25) is 0 Å². The molecule has 0 fully saturated rings. The molecule has 0 saturated heterocycles. The van der Waals surface area contributed by atoms with Crippen LogP contribution in [0.1, 0.15) is 19.4 Å². The molecule has 13 heavy (non-hydrogen) atoms. The summed E-state index contributed by atoms with van der Waals surface area (Å²) in [5, 5.41) is 0. The maximum atomic E-state index is 5.55. The van der Waals surface area contributed by atoms with E-state index in [0.717, 1.165) is 11.3 Å². The maximum Gasteiger partial charge on any atom is 0.142 e. The Morgan fingerprint density at radius 3 is 2.92 bits per heavy atom. The van der Waals surface area contributed by atoms with Crippen molar-refractivity contribution in [3.05, 3.63) is 24.0 Å². The Morgan fingerprint density at radius 2 is 2.31 bits per heavy atom. The van der Waals surface area contributed by atoms with Gasteiger partial charge in [0.1, 0.15) is 5.75 Å². The minimum absolute atomic E-state index is 0.496. The number of ether oxygens (including phenoxy) is 1. The number of rotatable bonds is 4. The number of pyridine rings is 1. The van der Waals surface area contributed by atoms with Crippen molar-refractivity contribution in [3.8, 4) is 5.75 Å². The summed E-state index contributed by atoms with van der Waals surface area (Å²) < 4.78 is 5.55. The predicted molar refractivity (Wildman–Crippen MR) is 52.5 cm³/mol. The molecule has 1 rings (SSSR count). The molecule has 0 saturated carbocycles. The van der Waals surface area contributed by atoms with Crippen LogP contribution >= 0.6 is 0 Å². The van der Waals surface area contributed by atoms with Crippen molar-refractivity contribution in [1.82, 2.24) is 4.98 Å². The van der Waals surface area contributed by atoms with Crippen molar-refractivity contribution in [2.24, 2.45) is 11.7 Å². The summed E-state index contributed by atoms with van der Waals surface area (Å²) in [6.07, 6.45) is 3.44. The Morgan fingerprint density at radius 1 is 1.54 bits per heavy atom. The Kier molecular flexibility index (Phi) is 3.71. The Balaban J connectivity index is 2.64. The van der Waals surface area contributed by atoms with Crippen molar-refractivity contribution in [2.75, 3.05) is 6.61 Å². The van der Waals surface area contributed by atoms with Crippen molar-refractivity contribution in [2.45, 2.75) is 20.4 Å². The van der Waals surface area contributed by atoms with Gasteiger partial charge in [-0.15, -0.1) is 0 Å². The molecule has 0 radical (unpaired) electrons. The highest BCUT2D eigenvalue weighted by Crippen LogP contribution is 2.15. The third kappa shape index (κ3) is 3.03. The van der Waals surface area contributed by atoms with Crippen molar-refractivity contribution in [3.63, 3.8) is 0 Å². The second-order valence-corrected chi connectivity index (χ2v) is 3.39. The first-order valence-corrected chi connectivity index (χ1v) is 4.49. The molecule has 1 aromatic heterocycles. The first-order chi connectivity index (χ1) is 6.24. The second-order valence-electron chi connectivity index (χ2n) is 3.39. The van der Waals surface area contributed by atoms with E-state index in [1.807, 2.05) is 6.07 Å². The standard InChI is InChI=1S/C10H16N2O/c1-8(2)7-13-10-6-12-4-3-9(10)5-11/h3-4,6,8H,5,7,11H2,1-2H3. The van der Waals surface area contributed by atoms with Crippen LogP contribution in [0.4, 0.5) is 0 Å². The highest BCUT2D eigenvalue weighted by atomic mass is 16.5. The summed E-state index contributed by atoms with van der Waals surface area (Å²) in [7, 11) is 0. The van der Waals surface area contributed by atoms with Gasteiger partial charge in [-0.25, -0.2) is 0 Å². The van der Waals surface area contributed by atoms with Gasteiger partial charge >= 0.3 is 0 Å². The zero-order valence-corrected chi connectivity index (χ0v) is 8.16. The highest BCUT2D eigenvalue weighted by Gasteiger charge is 2.02. The third-order valence-corrected chi connectivity index (χ3v) is 1.66. The molecule has 0 amide bonds. The molecule has 0 aromatic carbocycles. The highest BCUT2D eigenvalue weighted by molar-refractivity contribution is 5.29. The van der Waals surface area contributed by atoms with Crippen molar-refractivity contribution in [1.29, 1.82) is 0 Å². The van der Waals surface area contributed by atoms with Crippen LogP contribution in [0.5, 0.6) is 5.75 Å². The molecular formula is C10H16N2O. The van der Waals surface area contributed by atoms with E-state index >= 15 is 0 Å². The van der Waals surface area contributed by atoms with Gasteiger partial charge in [0, 0.05) is 18.3 Å². The van der Waals surface area contributed by atoms with Gasteiger partial charge in [-0.3, -0.25) is 4.98 Å². The molecule has 0 bridgehead atoms. The molecule has 0 spiro atoms. The summed E-state index contributed by atoms with van der Waals surface area (Å²) >= 11 is 0. The number of nitrogens with zero attached hydrogens (tertiary/aromatic N) is 1. The van der Waals surface area contributed by atoms with Crippen LogP contribution in [-0.2, 0) is 6.54 Å². The smallest absolute Gasteiger partial charge is 0.142 e. The fourth-order valence-corrected chi connectivity index (χ4v) is 0.964. The fourth-order valence-electron chi connectivity index (χ4n) is 0.964. The maximum absolute atomic E-state index is 5.55. The lowest BCUT2D eigenvalue weighted by Gasteiger charge is -2.10. The fraction of sp³-hybridized carbons (Fsp3) is 0.500. The summed E-state index contributed by atoms with van der Waals surface area (Å²) in [5.41, 5.74) is 6.56. The topological polar surface area (TPSA) is 48.1 Å². The largest absolute Gasteiger partial charge is 0.491 e. The molecule has 72 valence electrons. The molecule has 0 aliphatic rings. The summed E-state index contributed by atoms with van der Waals surface area (Å²) in [6, 6.07) is 1.88. The zero-order valence-electron chi connectivity index (χ0n) is 8.16. The molecule has 3 nitrogen and oxygen atoms in total. The predicted octanol–water partition coefficient (Wildman–Crippen LogP) is 1.58. The molecule has 2 N–H and O–H groups in total. The van der Waals surface area contributed by atoms with Crippen molar-refractivity contribution < 1.29 is 4.74 Å². The molecule has 3 heteroatoms. The van der Waals surface area contributed by atoms with E-state index in [1.54, 1.807) is 12.4 Å². The Labute approximate surface area is 78.9 Å². The van der Waals surface area contributed by atoms with E-state index in [1.165, 1.54) is 0 Å². The molecule has 1 heterocycles. The first-order valence-electron chi connectivity index (χ1n) is 4.49. The minimum atomic E-state index is 0.496. The van der Waals surface area contributed by atoms with Crippen LogP contribution in [0.2, 0.25) is 0 Å². The van der Waals surface area contributed by atoms with Crippen molar-refractivity contribution >= 4 is 0 Å². The Bertz CT molecular complexity index is 261. The quantitative estimate of drug-likeness (QED) is 0.765. The SMILES string of the molecule is CC(C)COc1cnccc1CN. The molecule has 0 aliphatic carbocycles. The van der Waals surface area contributed by atoms with Gasteiger partial charge in [-0.05, 0) is 12.0 Å². The lowest BCUT2D eigenvalue weighted by atomic mass is 10.2. The van der Waals surface area contributed by atoms with E-state index in [2.05, 4.69) is 18.8 Å². The average Bonchev–Trinajstić information content (AvgIpc) is 2.15. The minimum Gasteiger partial charge on any atom is -0.491 e. The van der Waals surface area contributed by atoms with E-state index in [4.69, 9.17) is 10.5 Å². The van der Waals surface area contributed by atoms with E-state index in [9.17, 15) is 0 Å². The van der Waals surface area contributed by atoms with Gasteiger partial charge < -0.3 is 10.5 Å². The number of nitrogens with two attached hydrogens (primary N) is 1. The summed E-state index contributed by atoms with van der Waals surface area (Å²) in [4.78, 5) is 3.99. The van der Waals surface area contributed by atoms with Gasteiger partial charge in [0.15, 0.2) is 0 Å². The summed E-state index contributed by atoms with van der Waals surface area (Å²) in [5.74, 6) is 1.32. The molecule has 0 unspecified atom stereocenters. The Hall–Kier alpha value is -1.09. The van der Waals surface area contributed by atoms with Gasteiger partial charge in [0.25, 0.3) is 0 Å². The molecule has 0 atom stereocenters. The molecule has 1 aromatic rings. The van der Waals surface area contributed by atoms with Crippen LogP contribution in [0, 0.1) is 5.92 Å². The van der Waals surface area contributed by atoms with E-state index in [-0.39, 0.29) is 0 Å². The van der Waals surface area contributed by atoms with Crippen LogP contribution < -0.4 is 10.5 Å². The van der Waals surface area contributed by atoms with Crippen LogP contribution in [0.15, 0.2) is 18.5 Å². The number of hydrogen-bond donors (Lipinski definition) is 1. The van der Waals surface area contributed by atoms with Crippen LogP contribution in [0.25, 0.3) is 0 Å². The van der Waals surface area contributed by atoms with Gasteiger partial charge in [-0.2, -0.15) is 0 Å². The lowest BCUT2D eigenvalue weighted by Crippen LogP contribution is -2.08.